The topological polar surface area (TPSA) is 64.5 Å². The molecule has 0 unspecified atom stereocenters. The molecule has 1 aliphatic carbocycles. The number of aromatic carboxylic acids is 1. The molecule has 0 atom stereocenters. The number of rotatable bonds is 3. The average Bonchev–Trinajstić information content (AvgIpc) is 2.39. The number of nitrogens with zero attached hydrogens (tertiary/aromatic N) is 1. The lowest BCUT2D eigenvalue weighted by Gasteiger charge is -2.19. The van der Waals surface area contributed by atoms with Crippen LogP contribution in [0.15, 0.2) is 23.3 Å². The number of nitrogens with one attached hydrogen (secondary N) is 1. The van der Waals surface area contributed by atoms with E-state index >= 15 is 0 Å². The summed E-state index contributed by atoms with van der Waals surface area (Å²) in [5.74, 6) is -0.521. The molecule has 0 saturated heterocycles. The summed E-state index contributed by atoms with van der Waals surface area (Å²) in [6.45, 7) is 2.25. The van der Waals surface area contributed by atoms with Gasteiger partial charge in [0, 0.05) is 16.3 Å². The van der Waals surface area contributed by atoms with E-state index in [1.165, 1.54) is 12.1 Å². The van der Waals surface area contributed by atoms with Crippen molar-refractivity contribution in [2.45, 2.75) is 32.6 Å². The number of hydrazone groups is 1. The molecule has 0 bridgehead atoms. The molecule has 0 heterocycles. The molecule has 5 heteroatoms. The molecule has 0 aliphatic heterocycles. The second kappa shape index (κ2) is 6.06. The first kappa shape index (κ1) is 13.9. The molecule has 1 fully saturated rings. The standard InChI is InChI=1S/C14H17ClN2O2/c1-9-2-4-10(5-3-9)16-17-11-6-7-13(15)12(8-11)14(18)19/h6-9,17H,2-5H2,1H3,(H,18,19)/p-1. The molecule has 102 valence electrons. The molecular weight excluding hydrogens is 264 g/mol. The molecule has 0 radical (unpaired) electrons. The molecule has 1 saturated carbocycles. The lowest BCUT2D eigenvalue weighted by atomic mass is 9.90. The third-order valence-electron chi connectivity index (χ3n) is 3.38. The molecule has 1 N–H and O–H groups in total. The van der Waals surface area contributed by atoms with Crippen LogP contribution in [0.1, 0.15) is 43.0 Å². The molecule has 1 aromatic rings. The highest BCUT2D eigenvalue weighted by molar-refractivity contribution is 6.33. The Hall–Kier alpha value is -1.55. The van der Waals surface area contributed by atoms with E-state index in [0.29, 0.717) is 5.69 Å². The van der Waals surface area contributed by atoms with Gasteiger partial charge in [-0.2, -0.15) is 5.10 Å². The fourth-order valence-corrected chi connectivity index (χ4v) is 2.30. The zero-order valence-corrected chi connectivity index (χ0v) is 11.5. The van der Waals surface area contributed by atoms with Gasteiger partial charge in [-0.25, -0.2) is 0 Å². The van der Waals surface area contributed by atoms with Crippen molar-refractivity contribution >= 4 is 29.0 Å². The summed E-state index contributed by atoms with van der Waals surface area (Å²) in [4.78, 5) is 10.9. The summed E-state index contributed by atoms with van der Waals surface area (Å²) in [5.41, 5.74) is 4.60. The first-order valence-corrected chi connectivity index (χ1v) is 6.76. The largest absolute Gasteiger partial charge is 0.545 e. The van der Waals surface area contributed by atoms with Gasteiger partial charge in [0.05, 0.1) is 11.7 Å². The van der Waals surface area contributed by atoms with Crippen molar-refractivity contribution < 1.29 is 9.90 Å². The molecule has 4 nitrogen and oxygen atoms in total. The maximum atomic E-state index is 10.9. The van der Waals surface area contributed by atoms with E-state index in [2.05, 4.69) is 17.5 Å². The highest BCUT2D eigenvalue weighted by atomic mass is 35.5. The minimum atomic E-state index is -1.28. The van der Waals surface area contributed by atoms with Gasteiger partial charge in [-0.1, -0.05) is 18.5 Å². The van der Waals surface area contributed by atoms with Gasteiger partial charge < -0.3 is 9.90 Å². The number of carbonyl (C=O) groups excluding carboxylic acids is 1. The quantitative estimate of drug-likeness (QED) is 0.865. The van der Waals surface area contributed by atoms with Gasteiger partial charge in [0.1, 0.15) is 0 Å². The van der Waals surface area contributed by atoms with E-state index in [9.17, 15) is 9.90 Å². The van der Waals surface area contributed by atoms with Crippen LogP contribution >= 0.6 is 11.6 Å². The van der Waals surface area contributed by atoms with Crippen LogP contribution in [0.2, 0.25) is 5.02 Å². The van der Waals surface area contributed by atoms with Crippen LogP contribution in [0.5, 0.6) is 0 Å². The number of carboxylic acid groups (broad SMARTS) is 1. The Morgan fingerprint density at radius 2 is 2.11 bits per heavy atom. The van der Waals surface area contributed by atoms with Gasteiger partial charge in [0.15, 0.2) is 0 Å². The minimum Gasteiger partial charge on any atom is -0.545 e. The zero-order chi connectivity index (χ0) is 13.8. The van der Waals surface area contributed by atoms with E-state index < -0.39 is 5.97 Å². The summed E-state index contributed by atoms with van der Waals surface area (Å²) in [6, 6.07) is 4.66. The normalized spacial score (nSPS) is 19.1. The van der Waals surface area contributed by atoms with Crippen molar-refractivity contribution in [1.82, 2.24) is 0 Å². The van der Waals surface area contributed by atoms with E-state index in [-0.39, 0.29) is 10.6 Å². The van der Waals surface area contributed by atoms with Gasteiger partial charge in [0.2, 0.25) is 0 Å². The van der Waals surface area contributed by atoms with Crippen LogP contribution in [-0.4, -0.2) is 11.7 Å². The SMILES string of the molecule is CC1CCC(=NNc2ccc(Cl)c(C(=O)[O-])c2)CC1. The molecule has 2 rings (SSSR count). The average molecular weight is 280 g/mol. The van der Waals surface area contributed by atoms with Crippen molar-refractivity contribution in [3.8, 4) is 0 Å². The highest BCUT2D eigenvalue weighted by Gasteiger charge is 2.13. The lowest BCUT2D eigenvalue weighted by Crippen LogP contribution is -2.22. The predicted molar refractivity (Wildman–Crippen MR) is 74.5 cm³/mol. The number of carbonyl (C=O) groups is 1. The monoisotopic (exact) mass is 279 g/mol. The van der Waals surface area contributed by atoms with Crippen molar-refractivity contribution in [3.05, 3.63) is 28.8 Å². The smallest absolute Gasteiger partial charge is 0.0731 e. The minimum absolute atomic E-state index is 0.0240. The van der Waals surface area contributed by atoms with Crippen molar-refractivity contribution in [1.29, 1.82) is 0 Å². The summed E-state index contributed by atoms with van der Waals surface area (Å²) in [6.07, 6.45) is 4.31. The summed E-state index contributed by atoms with van der Waals surface area (Å²) >= 11 is 5.77. The van der Waals surface area contributed by atoms with E-state index in [1.807, 2.05) is 0 Å². The third kappa shape index (κ3) is 3.70. The number of hydrogen-bond donors (Lipinski definition) is 1. The van der Waals surface area contributed by atoms with E-state index in [4.69, 9.17) is 11.6 Å². The number of halogens is 1. The van der Waals surface area contributed by atoms with Crippen molar-refractivity contribution in [2.24, 2.45) is 11.0 Å². The van der Waals surface area contributed by atoms with Gasteiger partial charge >= 0.3 is 0 Å². The Kier molecular flexibility index (Phi) is 4.43. The molecule has 0 aromatic heterocycles. The fourth-order valence-electron chi connectivity index (χ4n) is 2.10. The zero-order valence-electron chi connectivity index (χ0n) is 10.8. The number of anilines is 1. The molecule has 0 amide bonds. The lowest BCUT2D eigenvalue weighted by molar-refractivity contribution is -0.255. The van der Waals surface area contributed by atoms with Gasteiger partial charge in [-0.15, -0.1) is 0 Å². The van der Waals surface area contributed by atoms with Crippen LogP contribution < -0.4 is 10.5 Å². The summed E-state index contributed by atoms with van der Waals surface area (Å²) < 4.78 is 0. The van der Waals surface area contributed by atoms with Crippen LogP contribution in [0.25, 0.3) is 0 Å². The third-order valence-corrected chi connectivity index (χ3v) is 3.71. The maximum absolute atomic E-state index is 10.9. The Bertz CT molecular complexity index is 504. The van der Waals surface area contributed by atoms with Crippen molar-refractivity contribution in [3.63, 3.8) is 0 Å². The molecule has 0 spiro atoms. The van der Waals surface area contributed by atoms with E-state index in [0.717, 1.165) is 37.3 Å². The van der Waals surface area contributed by atoms with Crippen molar-refractivity contribution in [2.75, 3.05) is 5.43 Å². The second-order valence-electron chi connectivity index (χ2n) is 4.95. The molecule has 1 aromatic carbocycles. The van der Waals surface area contributed by atoms with Gasteiger partial charge in [0.25, 0.3) is 0 Å². The molecular formula is C14H16ClN2O2-. The Balaban J connectivity index is 2.05. The summed E-state index contributed by atoms with van der Waals surface area (Å²) in [7, 11) is 0. The first-order valence-electron chi connectivity index (χ1n) is 6.38. The van der Waals surface area contributed by atoms with Gasteiger partial charge in [-0.3, -0.25) is 5.43 Å². The maximum Gasteiger partial charge on any atom is 0.0731 e. The van der Waals surface area contributed by atoms with Crippen LogP contribution in [0, 0.1) is 5.92 Å². The van der Waals surface area contributed by atoms with Crippen LogP contribution in [0.4, 0.5) is 5.69 Å². The van der Waals surface area contributed by atoms with E-state index in [1.54, 1.807) is 6.07 Å². The Morgan fingerprint density at radius 1 is 1.42 bits per heavy atom. The van der Waals surface area contributed by atoms with Crippen LogP contribution in [0.3, 0.4) is 0 Å². The van der Waals surface area contributed by atoms with Crippen LogP contribution in [-0.2, 0) is 0 Å². The van der Waals surface area contributed by atoms with Gasteiger partial charge in [-0.05, 0) is 49.8 Å². The Morgan fingerprint density at radius 3 is 2.74 bits per heavy atom. The Labute approximate surface area is 117 Å². The number of benzene rings is 1. The second-order valence-corrected chi connectivity index (χ2v) is 5.36. The molecule has 19 heavy (non-hydrogen) atoms. The summed E-state index contributed by atoms with van der Waals surface area (Å²) in [5, 5.41) is 15.4. The number of carboxylic acids is 1. The molecule has 1 aliphatic rings. The number of hydrogen-bond acceptors (Lipinski definition) is 4. The fraction of sp³-hybridized carbons (Fsp3) is 0.429. The predicted octanol–water partition coefficient (Wildman–Crippen LogP) is 2.68. The first-order chi connectivity index (χ1) is 9.06. The highest BCUT2D eigenvalue weighted by Crippen LogP contribution is 2.23.